The predicted molar refractivity (Wildman–Crippen MR) is 110 cm³/mol. The van der Waals surface area contributed by atoms with Crippen molar-refractivity contribution in [2.24, 2.45) is 5.92 Å². The van der Waals surface area contributed by atoms with Gasteiger partial charge in [0.1, 0.15) is 0 Å². The number of carbonyl (C=O) groups excluding carboxylic acids is 2. The van der Waals surface area contributed by atoms with E-state index in [1.165, 1.54) is 5.57 Å². The van der Waals surface area contributed by atoms with Crippen molar-refractivity contribution in [2.75, 3.05) is 38.0 Å². The number of piperidine rings is 1. The van der Waals surface area contributed by atoms with Crippen LogP contribution in [0.2, 0.25) is 0 Å². The Labute approximate surface area is 167 Å². The van der Waals surface area contributed by atoms with Gasteiger partial charge in [-0.05, 0) is 50.4 Å². The zero-order chi connectivity index (χ0) is 18.4. The number of amides is 3. The van der Waals surface area contributed by atoms with E-state index >= 15 is 0 Å². The van der Waals surface area contributed by atoms with Gasteiger partial charge >= 0.3 is 6.03 Å². The van der Waals surface area contributed by atoms with Crippen LogP contribution in [0.25, 0.3) is 0 Å². The maximum Gasteiger partial charge on any atom is 0.321 e. The van der Waals surface area contributed by atoms with Gasteiger partial charge in [0.05, 0.1) is 5.92 Å². The Kier molecular flexibility index (Phi) is 8.13. The van der Waals surface area contributed by atoms with E-state index in [0.717, 1.165) is 43.6 Å². The van der Waals surface area contributed by atoms with Gasteiger partial charge in [0.2, 0.25) is 5.91 Å². The average Bonchev–Trinajstić information content (AvgIpc) is 2.67. The van der Waals surface area contributed by atoms with Crippen LogP contribution in [-0.2, 0) is 4.79 Å². The largest absolute Gasteiger partial charge is 0.352 e. The molecule has 0 bridgehead atoms. The molecular weight excluding hydrogens is 364 g/mol. The number of urea groups is 1. The number of hydrogen-bond donors (Lipinski definition) is 3. The Balaban J connectivity index is 0.00000261. The second-order valence-corrected chi connectivity index (χ2v) is 7.12. The molecule has 0 saturated carbocycles. The molecule has 1 atom stereocenters. The molecule has 3 rings (SSSR count). The molecule has 27 heavy (non-hydrogen) atoms. The summed E-state index contributed by atoms with van der Waals surface area (Å²) in [5.41, 5.74) is 3.17. The second-order valence-electron chi connectivity index (χ2n) is 7.12. The zero-order valence-corrected chi connectivity index (χ0v) is 16.6. The maximum absolute atomic E-state index is 12.5. The molecule has 0 radical (unpaired) electrons. The Morgan fingerprint density at radius 2 is 2.19 bits per heavy atom. The van der Waals surface area contributed by atoms with Gasteiger partial charge in [0.15, 0.2) is 0 Å². The number of anilines is 1. The summed E-state index contributed by atoms with van der Waals surface area (Å²) in [4.78, 5) is 26.8. The van der Waals surface area contributed by atoms with Gasteiger partial charge in [-0.2, -0.15) is 0 Å². The van der Waals surface area contributed by atoms with Gasteiger partial charge in [-0.15, -0.1) is 12.4 Å². The highest BCUT2D eigenvalue weighted by Gasteiger charge is 2.28. The predicted octanol–water partition coefficient (Wildman–Crippen LogP) is 2.70. The van der Waals surface area contributed by atoms with Crippen molar-refractivity contribution in [2.45, 2.75) is 26.2 Å². The number of halogens is 1. The van der Waals surface area contributed by atoms with Gasteiger partial charge in [0.25, 0.3) is 0 Å². The van der Waals surface area contributed by atoms with E-state index in [1.807, 2.05) is 31.2 Å². The van der Waals surface area contributed by atoms with E-state index in [0.29, 0.717) is 19.6 Å². The molecular formula is C20H29ClN4O2. The Hall–Kier alpha value is -2.05. The third-order valence-corrected chi connectivity index (χ3v) is 5.00. The smallest absolute Gasteiger partial charge is 0.321 e. The van der Waals surface area contributed by atoms with Crippen molar-refractivity contribution in [1.29, 1.82) is 0 Å². The summed E-state index contributed by atoms with van der Waals surface area (Å²) in [6.45, 7) is 5.63. The summed E-state index contributed by atoms with van der Waals surface area (Å²) >= 11 is 0. The van der Waals surface area contributed by atoms with E-state index < -0.39 is 0 Å². The van der Waals surface area contributed by atoms with Gasteiger partial charge in [-0.3, -0.25) is 4.79 Å². The number of likely N-dealkylation sites (tertiary alicyclic amines) is 1. The molecule has 3 amide bonds. The first-order chi connectivity index (χ1) is 12.6. The van der Waals surface area contributed by atoms with Gasteiger partial charge in [0, 0.05) is 31.9 Å². The average molecular weight is 393 g/mol. The van der Waals surface area contributed by atoms with Gasteiger partial charge in [-0.25, -0.2) is 4.79 Å². The summed E-state index contributed by atoms with van der Waals surface area (Å²) in [6.07, 6.45) is 4.81. The van der Waals surface area contributed by atoms with E-state index in [9.17, 15) is 9.59 Å². The normalized spacial score (nSPS) is 19.5. The number of aryl methyl sites for hydroxylation is 1. The number of nitrogens with zero attached hydrogens (tertiary/aromatic N) is 1. The molecule has 0 spiro atoms. The Morgan fingerprint density at radius 1 is 1.33 bits per heavy atom. The lowest BCUT2D eigenvalue weighted by Crippen LogP contribution is -2.47. The molecule has 2 aliphatic rings. The molecule has 1 aromatic rings. The molecule has 1 saturated heterocycles. The lowest BCUT2D eigenvalue weighted by atomic mass is 9.97. The van der Waals surface area contributed by atoms with Crippen LogP contribution >= 0.6 is 12.4 Å². The van der Waals surface area contributed by atoms with Crippen LogP contribution in [0.5, 0.6) is 0 Å². The van der Waals surface area contributed by atoms with Crippen molar-refractivity contribution in [1.82, 2.24) is 15.5 Å². The fraction of sp³-hybridized carbons (Fsp3) is 0.500. The zero-order valence-electron chi connectivity index (χ0n) is 15.8. The van der Waals surface area contributed by atoms with Crippen LogP contribution in [0.3, 0.4) is 0 Å². The third-order valence-electron chi connectivity index (χ3n) is 5.00. The minimum absolute atomic E-state index is 0. The van der Waals surface area contributed by atoms with E-state index in [1.54, 1.807) is 4.90 Å². The molecule has 6 nitrogen and oxygen atoms in total. The van der Waals surface area contributed by atoms with Crippen LogP contribution in [0.15, 0.2) is 35.9 Å². The summed E-state index contributed by atoms with van der Waals surface area (Å²) in [6, 6.07) is 7.61. The molecule has 2 aliphatic heterocycles. The number of carbonyl (C=O) groups is 2. The van der Waals surface area contributed by atoms with Gasteiger partial charge in [-0.1, -0.05) is 23.8 Å². The number of rotatable bonds is 4. The summed E-state index contributed by atoms with van der Waals surface area (Å²) in [5, 5.41) is 9.25. The maximum atomic E-state index is 12.5. The highest BCUT2D eigenvalue weighted by Crippen LogP contribution is 2.19. The molecule has 2 heterocycles. The number of benzene rings is 1. The first-order valence-corrected chi connectivity index (χ1v) is 9.41. The quantitative estimate of drug-likeness (QED) is 0.690. The number of nitrogens with one attached hydrogen (secondary N) is 3. The highest BCUT2D eigenvalue weighted by atomic mass is 35.5. The SMILES string of the molecule is Cc1cccc(NC(=O)N2CCCC(C(=O)NCC3=CCNCC3)C2)c1.Cl. The van der Waals surface area contributed by atoms with Crippen molar-refractivity contribution >= 4 is 30.0 Å². The van der Waals surface area contributed by atoms with Gasteiger partial charge < -0.3 is 20.9 Å². The molecule has 148 valence electrons. The molecule has 1 unspecified atom stereocenters. The van der Waals surface area contributed by atoms with Crippen LogP contribution in [0.1, 0.15) is 24.8 Å². The molecule has 1 fully saturated rings. The van der Waals surface area contributed by atoms with E-state index in [4.69, 9.17) is 0 Å². The number of hydrogen-bond acceptors (Lipinski definition) is 3. The summed E-state index contributed by atoms with van der Waals surface area (Å²) < 4.78 is 0. The van der Waals surface area contributed by atoms with Crippen molar-refractivity contribution < 1.29 is 9.59 Å². The van der Waals surface area contributed by atoms with Crippen molar-refractivity contribution in [3.05, 3.63) is 41.5 Å². The van der Waals surface area contributed by atoms with Crippen LogP contribution in [0, 0.1) is 12.8 Å². The molecule has 7 heteroatoms. The lowest BCUT2D eigenvalue weighted by molar-refractivity contribution is -0.126. The fourth-order valence-electron chi connectivity index (χ4n) is 3.48. The standard InChI is InChI=1S/C20H28N4O2.ClH/c1-15-4-2-6-18(12-15)23-20(26)24-11-3-5-17(14-24)19(25)22-13-16-7-9-21-10-8-16;/h2,4,6-7,12,17,21H,3,5,8-11,13-14H2,1H3,(H,22,25)(H,23,26);1H. The monoisotopic (exact) mass is 392 g/mol. The molecule has 1 aromatic carbocycles. The Bertz CT molecular complexity index is 692. The lowest BCUT2D eigenvalue weighted by Gasteiger charge is -2.32. The van der Waals surface area contributed by atoms with Crippen molar-refractivity contribution in [3.63, 3.8) is 0 Å². The van der Waals surface area contributed by atoms with Crippen molar-refractivity contribution in [3.8, 4) is 0 Å². The third kappa shape index (κ3) is 6.26. The molecule has 3 N–H and O–H groups in total. The van der Waals surface area contributed by atoms with Crippen LogP contribution < -0.4 is 16.0 Å². The van der Waals surface area contributed by atoms with E-state index in [2.05, 4.69) is 22.0 Å². The molecule has 0 aromatic heterocycles. The summed E-state index contributed by atoms with van der Waals surface area (Å²) in [7, 11) is 0. The fourth-order valence-corrected chi connectivity index (χ4v) is 3.48. The minimum Gasteiger partial charge on any atom is -0.352 e. The topological polar surface area (TPSA) is 73.5 Å². The summed E-state index contributed by atoms with van der Waals surface area (Å²) in [5.74, 6) is -0.0770. The van der Waals surface area contributed by atoms with Crippen LogP contribution in [-0.4, -0.2) is 49.6 Å². The Morgan fingerprint density at radius 3 is 2.93 bits per heavy atom. The first kappa shape index (κ1) is 21.3. The minimum atomic E-state index is -0.130. The highest BCUT2D eigenvalue weighted by molar-refractivity contribution is 5.90. The van der Waals surface area contributed by atoms with E-state index in [-0.39, 0.29) is 30.3 Å². The second kappa shape index (κ2) is 10.3. The first-order valence-electron chi connectivity index (χ1n) is 9.41. The van der Waals surface area contributed by atoms with Crippen LogP contribution in [0.4, 0.5) is 10.5 Å². The molecule has 0 aliphatic carbocycles.